The van der Waals surface area contributed by atoms with E-state index >= 15 is 0 Å². The fourth-order valence-electron chi connectivity index (χ4n) is 2.09. The third kappa shape index (κ3) is 2.98. The standard InChI is InChI=1S/C13H13ClN2O3/c1-13(19-6-12(17)18)7-16(8-13)11-3-2-9(5-15)4-10(11)14/h2-4H,6-8H2,1H3,(H,17,18). The molecule has 0 spiro atoms. The molecule has 1 N–H and O–H groups in total. The molecule has 0 amide bonds. The van der Waals surface area contributed by atoms with Crippen molar-refractivity contribution in [2.75, 3.05) is 24.6 Å². The van der Waals surface area contributed by atoms with Crippen LogP contribution in [0.2, 0.25) is 5.02 Å². The second-order valence-electron chi connectivity index (χ2n) is 4.77. The molecule has 0 saturated carbocycles. The van der Waals surface area contributed by atoms with Gasteiger partial charge in [-0.2, -0.15) is 5.26 Å². The van der Waals surface area contributed by atoms with E-state index in [4.69, 9.17) is 26.7 Å². The van der Waals surface area contributed by atoms with Crippen molar-refractivity contribution in [1.82, 2.24) is 0 Å². The summed E-state index contributed by atoms with van der Waals surface area (Å²) >= 11 is 6.11. The predicted octanol–water partition coefficient (Wildman–Crippen LogP) is 1.89. The molecule has 1 heterocycles. The summed E-state index contributed by atoms with van der Waals surface area (Å²) in [7, 11) is 0. The summed E-state index contributed by atoms with van der Waals surface area (Å²) in [5.74, 6) is -0.976. The summed E-state index contributed by atoms with van der Waals surface area (Å²) in [6.07, 6.45) is 0. The monoisotopic (exact) mass is 280 g/mol. The van der Waals surface area contributed by atoms with Gasteiger partial charge in [0.05, 0.1) is 22.3 Å². The smallest absolute Gasteiger partial charge is 0.329 e. The van der Waals surface area contributed by atoms with Gasteiger partial charge < -0.3 is 14.7 Å². The summed E-state index contributed by atoms with van der Waals surface area (Å²) in [6.45, 7) is 2.72. The van der Waals surface area contributed by atoms with Crippen LogP contribution in [0.25, 0.3) is 0 Å². The maximum absolute atomic E-state index is 10.5. The average Bonchev–Trinajstić information content (AvgIpc) is 2.33. The summed E-state index contributed by atoms with van der Waals surface area (Å²) in [5, 5.41) is 17.9. The van der Waals surface area contributed by atoms with E-state index < -0.39 is 11.6 Å². The number of nitrogens with zero attached hydrogens (tertiary/aromatic N) is 2. The van der Waals surface area contributed by atoms with Crippen LogP contribution in [0, 0.1) is 11.3 Å². The van der Waals surface area contributed by atoms with E-state index in [-0.39, 0.29) is 6.61 Å². The minimum absolute atomic E-state index is 0.300. The molecule has 1 saturated heterocycles. The van der Waals surface area contributed by atoms with Gasteiger partial charge in [-0.15, -0.1) is 0 Å². The van der Waals surface area contributed by atoms with E-state index in [9.17, 15) is 4.79 Å². The number of carboxylic acid groups (broad SMARTS) is 1. The molecule has 1 aliphatic heterocycles. The number of ether oxygens (including phenoxy) is 1. The number of rotatable bonds is 4. The highest BCUT2D eigenvalue weighted by molar-refractivity contribution is 6.33. The second-order valence-corrected chi connectivity index (χ2v) is 5.17. The number of aliphatic carboxylic acids is 1. The van der Waals surface area contributed by atoms with Crippen molar-refractivity contribution >= 4 is 23.3 Å². The second kappa shape index (κ2) is 5.08. The Balaban J connectivity index is 2.00. The van der Waals surface area contributed by atoms with Gasteiger partial charge in [-0.1, -0.05) is 11.6 Å². The Kier molecular flexibility index (Phi) is 3.65. The molecule has 0 unspecified atom stereocenters. The van der Waals surface area contributed by atoms with E-state index in [1.807, 2.05) is 17.9 Å². The number of benzene rings is 1. The van der Waals surface area contributed by atoms with E-state index in [2.05, 4.69) is 0 Å². The first-order valence-corrected chi connectivity index (χ1v) is 6.12. The van der Waals surface area contributed by atoms with Gasteiger partial charge >= 0.3 is 5.97 Å². The Hall–Kier alpha value is -1.77. The number of nitriles is 1. The molecule has 1 aromatic rings. The van der Waals surface area contributed by atoms with Gasteiger partial charge in [0.25, 0.3) is 0 Å². The molecule has 1 aliphatic rings. The van der Waals surface area contributed by atoms with Crippen LogP contribution in [0.1, 0.15) is 12.5 Å². The van der Waals surface area contributed by atoms with Crippen LogP contribution < -0.4 is 4.90 Å². The van der Waals surface area contributed by atoms with Gasteiger partial charge in [0.1, 0.15) is 12.2 Å². The van der Waals surface area contributed by atoms with Crippen molar-refractivity contribution < 1.29 is 14.6 Å². The molecule has 0 aliphatic carbocycles. The Morgan fingerprint density at radius 3 is 2.84 bits per heavy atom. The molecule has 2 rings (SSSR count). The number of halogens is 1. The fourth-order valence-corrected chi connectivity index (χ4v) is 2.39. The SMILES string of the molecule is CC1(OCC(=O)O)CN(c2ccc(C#N)cc2Cl)C1. The van der Waals surface area contributed by atoms with Gasteiger partial charge in [-0.25, -0.2) is 4.79 Å². The van der Waals surface area contributed by atoms with E-state index in [0.717, 1.165) is 5.69 Å². The van der Waals surface area contributed by atoms with Crippen LogP contribution >= 0.6 is 11.6 Å². The maximum atomic E-state index is 10.5. The summed E-state index contributed by atoms with van der Waals surface area (Å²) in [6, 6.07) is 7.13. The lowest BCUT2D eigenvalue weighted by molar-refractivity contribution is -0.150. The lowest BCUT2D eigenvalue weighted by Crippen LogP contribution is -2.62. The van der Waals surface area contributed by atoms with Crippen LogP contribution in [0.5, 0.6) is 0 Å². The number of carbonyl (C=O) groups is 1. The van der Waals surface area contributed by atoms with Crippen molar-refractivity contribution in [2.24, 2.45) is 0 Å². The molecule has 1 aromatic carbocycles. The van der Waals surface area contributed by atoms with E-state index in [1.54, 1.807) is 18.2 Å². The zero-order valence-electron chi connectivity index (χ0n) is 10.4. The molecular formula is C13H13ClN2O3. The average molecular weight is 281 g/mol. The molecule has 0 bridgehead atoms. The topological polar surface area (TPSA) is 73.6 Å². The first-order valence-electron chi connectivity index (χ1n) is 5.74. The Morgan fingerprint density at radius 1 is 1.63 bits per heavy atom. The molecule has 0 aromatic heterocycles. The zero-order chi connectivity index (χ0) is 14.0. The number of hydrogen-bond donors (Lipinski definition) is 1. The van der Waals surface area contributed by atoms with Crippen molar-refractivity contribution in [3.8, 4) is 6.07 Å². The predicted molar refractivity (Wildman–Crippen MR) is 70.4 cm³/mol. The highest BCUT2D eigenvalue weighted by atomic mass is 35.5. The first-order chi connectivity index (χ1) is 8.93. The normalized spacial score (nSPS) is 16.6. The van der Waals surface area contributed by atoms with Crippen LogP contribution in [0.3, 0.4) is 0 Å². The Morgan fingerprint density at radius 2 is 2.32 bits per heavy atom. The zero-order valence-corrected chi connectivity index (χ0v) is 11.1. The summed E-state index contributed by atoms with van der Waals surface area (Å²) in [4.78, 5) is 12.5. The largest absolute Gasteiger partial charge is 0.480 e. The molecular weight excluding hydrogens is 268 g/mol. The first kappa shape index (κ1) is 13.7. The van der Waals surface area contributed by atoms with Gasteiger partial charge in [0.15, 0.2) is 0 Å². The van der Waals surface area contributed by atoms with Crippen molar-refractivity contribution in [3.63, 3.8) is 0 Å². The molecule has 0 radical (unpaired) electrons. The van der Waals surface area contributed by atoms with Crippen LogP contribution in [0.15, 0.2) is 18.2 Å². The Labute approximate surface area is 116 Å². The lowest BCUT2D eigenvalue weighted by atomic mass is 9.95. The number of anilines is 1. The molecule has 1 fully saturated rings. The Bertz CT molecular complexity index is 547. The minimum Gasteiger partial charge on any atom is -0.480 e. The van der Waals surface area contributed by atoms with E-state index in [1.165, 1.54) is 0 Å². The van der Waals surface area contributed by atoms with Crippen molar-refractivity contribution in [1.29, 1.82) is 5.26 Å². The fraction of sp³-hybridized carbons (Fsp3) is 0.385. The molecule has 6 heteroatoms. The van der Waals surface area contributed by atoms with Crippen molar-refractivity contribution in [3.05, 3.63) is 28.8 Å². The third-order valence-electron chi connectivity index (χ3n) is 3.01. The van der Waals surface area contributed by atoms with Gasteiger partial charge in [-0.3, -0.25) is 0 Å². The van der Waals surface area contributed by atoms with Gasteiger partial charge in [-0.05, 0) is 25.1 Å². The molecule has 5 nitrogen and oxygen atoms in total. The highest BCUT2D eigenvalue weighted by Gasteiger charge is 2.41. The summed E-state index contributed by atoms with van der Waals surface area (Å²) < 4.78 is 5.33. The number of hydrogen-bond acceptors (Lipinski definition) is 4. The van der Waals surface area contributed by atoms with Gasteiger partial charge in [0.2, 0.25) is 0 Å². The molecule has 19 heavy (non-hydrogen) atoms. The third-order valence-corrected chi connectivity index (χ3v) is 3.31. The van der Waals surface area contributed by atoms with Gasteiger partial charge in [0, 0.05) is 13.1 Å². The highest BCUT2D eigenvalue weighted by Crippen LogP contribution is 2.35. The van der Waals surface area contributed by atoms with Crippen LogP contribution in [0.4, 0.5) is 5.69 Å². The lowest BCUT2D eigenvalue weighted by Gasteiger charge is -2.48. The summed E-state index contributed by atoms with van der Waals surface area (Å²) in [5.41, 5.74) is 0.881. The van der Waals surface area contributed by atoms with E-state index in [0.29, 0.717) is 23.7 Å². The molecule has 100 valence electrons. The minimum atomic E-state index is -0.976. The van der Waals surface area contributed by atoms with Crippen molar-refractivity contribution in [2.45, 2.75) is 12.5 Å². The quantitative estimate of drug-likeness (QED) is 0.912. The molecule has 0 atom stereocenters. The maximum Gasteiger partial charge on any atom is 0.329 e. The van der Waals surface area contributed by atoms with Crippen LogP contribution in [-0.2, 0) is 9.53 Å². The number of carboxylic acids is 1. The van der Waals surface area contributed by atoms with Crippen LogP contribution in [-0.4, -0.2) is 36.4 Å².